The molecule has 2 aliphatic heterocycles. The van der Waals surface area contributed by atoms with Crippen molar-refractivity contribution in [2.45, 2.75) is 57.8 Å². The molecule has 0 bridgehead atoms. The van der Waals surface area contributed by atoms with Gasteiger partial charge in [0, 0.05) is 43.3 Å². The van der Waals surface area contributed by atoms with E-state index in [2.05, 4.69) is 44.5 Å². The fraction of sp³-hybridized carbons (Fsp3) is 0.429. The molecule has 2 aromatic carbocycles. The summed E-state index contributed by atoms with van der Waals surface area (Å²) in [5.41, 5.74) is 2.52. The highest BCUT2D eigenvalue weighted by atomic mass is 16.7. The van der Waals surface area contributed by atoms with Crippen LogP contribution in [0.5, 0.6) is 11.5 Å². The monoisotopic (exact) mass is 516 g/mol. The van der Waals surface area contributed by atoms with Crippen LogP contribution >= 0.6 is 0 Å². The average molecular weight is 517 g/mol. The molecule has 10 heteroatoms. The predicted octanol–water partition coefficient (Wildman–Crippen LogP) is 3.62. The molecule has 0 saturated carbocycles. The van der Waals surface area contributed by atoms with Crippen LogP contribution in [0.25, 0.3) is 10.9 Å². The number of nitrogens with one attached hydrogen (secondary N) is 1. The largest absolute Gasteiger partial charge is 0.454 e. The molecule has 0 amide bonds. The summed E-state index contributed by atoms with van der Waals surface area (Å²) in [7, 11) is 0. The molecule has 0 radical (unpaired) electrons. The van der Waals surface area contributed by atoms with Crippen LogP contribution in [0.3, 0.4) is 0 Å². The van der Waals surface area contributed by atoms with Crippen LogP contribution < -0.4 is 15.0 Å². The van der Waals surface area contributed by atoms with Gasteiger partial charge in [-0.1, -0.05) is 37.3 Å². The Balaban J connectivity index is 1.29. The molecule has 198 valence electrons. The van der Waals surface area contributed by atoms with E-state index in [1.807, 2.05) is 41.1 Å². The molecule has 1 fully saturated rings. The van der Waals surface area contributed by atoms with Gasteiger partial charge < -0.3 is 19.2 Å². The molecule has 2 atom stereocenters. The second-order valence-corrected chi connectivity index (χ2v) is 9.90. The van der Waals surface area contributed by atoms with Crippen LogP contribution in [0.1, 0.15) is 49.2 Å². The Kier molecular flexibility index (Phi) is 7.06. The van der Waals surface area contributed by atoms with E-state index in [0.717, 1.165) is 49.0 Å². The molecule has 6 rings (SSSR count). The first-order chi connectivity index (χ1) is 18.7. The number of ether oxygens (including phenoxy) is 3. The van der Waals surface area contributed by atoms with E-state index >= 15 is 0 Å². The maximum atomic E-state index is 13.2. The molecular formula is C28H32N6O4. The van der Waals surface area contributed by atoms with Crippen molar-refractivity contribution >= 4 is 10.9 Å². The van der Waals surface area contributed by atoms with E-state index in [1.54, 1.807) is 0 Å². The van der Waals surface area contributed by atoms with E-state index in [0.29, 0.717) is 36.7 Å². The van der Waals surface area contributed by atoms with Gasteiger partial charge in [-0.25, -0.2) is 4.68 Å². The molecular weight excluding hydrogens is 484 g/mol. The molecule has 0 spiro atoms. The predicted molar refractivity (Wildman–Crippen MR) is 141 cm³/mol. The number of hydrogen-bond acceptors (Lipinski definition) is 8. The first-order valence-corrected chi connectivity index (χ1v) is 13.3. The maximum Gasteiger partial charge on any atom is 0.252 e. The van der Waals surface area contributed by atoms with Gasteiger partial charge in [-0.3, -0.25) is 9.69 Å². The first kappa shape index (κ1) is 24.6. The number of aryl methyl sites for hydroxylation is 2. The molecule has 2 aliphatic rings. The molecule has 4 heterocycles. The van der Waals surface area contributed by atoms with Gasteiger partial charge in [0.15, 0.2) is 17.3 Å². The number of fused-ring (bicyclic) bond motifs is 2. The Morgan fingerprint density at radius 2 is 2.00 bits per heavy atom. The Labute approximate surface area is 220 Å². The zero-order chi connectivity index (χ0) is 25.9. The van der Waals surface area contributed by atoms with Crippen LogP contribution in [-0.2, 0) is 24.2 Å². The van der Waals surface area contributed by atoms with E-state index in [1.165, 1.54) is 5.56 Å². The lowest BCUT2D eigenvalue weighted by molar-refractivity contribution is 0.0488. The van der Waals surface area contributed by atoms with Gasteiger partial charge in [0.05, 0.1) is 17.7 Å². The van der Waals surface area contributed by atoms with Crippen molar-refractivity contribution in [1.82, 2.24) is 30.1 Å². The van der Waals surface area contributed by atoms with Crippen molar-refractivity contribution in [1.29, 1.82) is 0 Å². The van der Waals surface area contributed by atoms with Crippen molar-refractivity contribution in [3.63, 3.8) is 0 Å². The van der Waals surface area contributed by atoms with Gasteiger partial charge in [0.1, 0.15) is 0 Å². The smallest absolute Gasteiger partial charge is 0.252 e. The molecule has 1 saturated heterocycles. The maximum absolute atomic E-state index is 13.2. The standard InChI is InChI=1S/C28H32N6O4/c1-2-24(27-30-31-32-34(27)11-10-19-7-4-3-5-8-19)33(17-22-9-6-12-36-22)16-21-13-20-14-25-26(38-18-37-25)15-23(20)29-28(21)35/h3-5,7-8,13-15,22,24H,2,6,9-12,16-18H2,1H3,(H,29,35). The van der Waals surface area contributed by atoms with Crippen molar-refractivity contribution < 1.29 is 14.2 Å². The van der Waals surface area contributed by atoms with Crippen molar-refractivity contribution in [2.24, 2.45) is 0 Å². The number of tetrazole rings is 1. The highest BCUT2D eigenvalue weighted by Crippen LogP contribution is 2.35. The number of rotatable bonds is 10. The van der Waals surface area contributed by atoms with Crippen LogP contribution in [0.15, 0.2) is 53.3 Å². The second-order valence-electron chi connectivity index (χ2n) is 9.90. The minimum atomic E-state index is -0.118. The Bertz CT molecular complexity index is 1450. The number of pyridine rings is 1. The van der Waals surface area contributed by atoms with Crippen molar-refractivity contribution in [2.75, 3.05) is 19.9 Å². The van der Waals surface area contributed by atoms with Crippen molar-refractivity contribution in [3.8, 4) is 11.5 Å². The number of aromatic nitrogens is 5. The molecule has 0 aliphatic carbocycles. The van der Waals surface area contributed by atoms with Crippen LogP contribution in [0.2, 0.25) is 0 Å². The third-order valence-corrected chi connectivity index (χ3v) is 7.39. The van der Waals surface area contributed by atoms with E-state index in [4.69, 9.17) is 14.2 Å². The summed E-state index contributed by atoms with van der Waals surface area (Å²) in [5, 5.41) is 13.7. The van der Waals surface area contributed by atoms with Crippen LogP contribution in [0, 0.1) is 0 Å². The quantitative estimate of drug-likeness (QED) is 0.341. The summed E-state index contributed by atoms with van der Waals surface area (Å²) in [6, 6.07) is 16.0. The van der Waals surface area contributed by atoms with Gasteiger partial charge in [0.2, 0.25) is 6.79 Å². The van der Waals surface area contributed by atoms with Gasteiger partial charge in [-0.05, 0) is 53.8 Å². The van der Waals surface area contributed by atoms with E-state index < -0.39 is 0 Å². The van der Waals surface area contributed by atoms with Gasteiger partial charge in [0.25, 0.3) is 5.56 Å². The lowest BCUT2D eigenvalue weighted by atomic mass is 10.1. The van der Waals surface area contributed by atoms with Gasteiger partial charge in [-0.2, -0.15) is 0 Å². The number of nitrogens with zero attached hydrogens (tertiary/aromatic N) is 5. The zero-order valence-electron chi connectivity index (χ0n) is 21.5. The highest BCUT2D eigenvalue weighted by Gasteiger charge is 2.29. The highest BCUT2D eigenvalue weighted by molar-refractivity contribution is 5.83. The topological polar surface area (TPSA) is 107 Å². The SMILES string of the molecule is CCC(c1nnnn1CCc1ccccc1)N(Cc1cc2cc3c(cc2[nH]c1=O)OCO3)CC1CCCO1. The molecule has 10 nitrogen and oxygen atoms in total. The summed E-state index contributed by atoms with van der Waals surface area (Å²) in [5.74, 6) is 2.15. The minimum Gasteiger partial charge on any atom is -0.454 e. The summed E-state index contributed by atoms with van der Waals surface area (Å²) in [4.78, 5) is 18.5. The van der Waals surface area contributed by atoms with E-state index in [9.17, 15) is 4.79 Å². The Morgan fingerprint density at radius 3 is 2.79 bits per heavy atom. The zero-order valence-corrected chi connectivity index (χ0v) is 21.5. The first-order valence-electron chi connectivity index (χ1n) is 13.3. The summed E-state index contributed by atoms with van der Waals surface area (Å²) < 4.78 is 18.9. The number of aromatic amines is 1. The summed E-state index contributed by atoms with van der Waals surface area (Å²) in [6.45, 7) is 4.92. The molecule has 38 heavy (non-hydrogen) atoms. The fourth-order valence-electron chi connectivity index (χ4n) is 5.42. The fourth-order valence-corrected chi connectivity index (χ4v) is 5.42. The normalized spacial score (nSPS) is 17.5. The second kappa shape index (κ2) is 10.9. The Hall–Kier alpha value is -3.76. The van der Waals surface area contributed by atoms with Crippen LogP contribution in [-0.4, -0.2) is 56.1 Å². The summed E-state index contributed by atoms with van der Waals surface area (Å²) in [6.07, 6.45) is 3.80. The molecule has 4 aromatic rings. The Morgan fingerprint density at radius 1 is 1.16 bits per heavy atom. The average Bonchev–Trinajstić information content (AvgIpc) is 3.70. The number of hydrogen-bond donors (Lipinski definition) is 1. The van der Waals surface area contributed by atoms with Crippen LogP contribution in [0.4, 0.5) is 0 Å². The number of H-pyrrole nitrogens is 1. The number of benzene rings is 2. The van der Waals surface area contributed by atoms with Gasteiger partial charge in [-0.15, -0.1) is 5.10 Å². The lowest BCUT2D eigenvalue weighted by Gasteiger charge is -2.32. The molecule has 1 N–H and O–H groups in total. The van der Waals surface area contributed by atoms with Gasteiger partial charge >= 0.3 is 0 Å². The third kappa shape index (κ3) is 5.14. The molecule has 2 aromatic heterocycles. The summed E-state index contributed by atoms with van der Waals surface area (Å²) >= 11 is 0. The third-order valence-electron chi connectivity index (χ3n) is 7.39. The van der Waals surface area contributed by atoms with E-state index in [-0.39, 0.29) is 24.5 Å². The van der Waals surface area contributed by atoms with Crippen molar-refractivity contribution in [3.05, 3.63) is 75.8 Å². The lowest BCUT2D eigenvalue weighted by Crippen LogP contribution is -2.37. The molecule has 2 unspecified atom stereocenters. The minimum absolute atomic E-state index is 0.0724.